The largest absolute Gasteiger partial charge is 1.00 e. The van der Waals surface area contributed by atoms with Crippen molar-refractivity contribution < 1.29 is 72.1 Å². The maximum atomic E-state index is 12.5. The van der Waals surface area contributed by atoms with Crippen LogP contribution in [0.25, 0.3) is 0 Å². The zero-order chi connectivity index (χ0) is 26.0. The number of amides is 2. The number of tetrazole rings is 1. The molecule has 2 amide bonds. The number of sulfonamides is 1. The van der Waals surface area contributed by atoms with E-state index in [2.05, 4.69) is 20.8 Å². The number of hydrogen-bond donors (Lipinski definition) is 3. The first-order chi connectivity index (χ1) is 16.3. The van der Waals surface area contributed by atoms with Crippen LogP contribution >= 0.6 is 35.3 Å². The van der Waals surface area contributed by atoms with Gasteiger partial charge in [0.2, 0.25) is 21.1 Å². The minimum Gasteiger partial charge on any atom is -1.00 e. The number of carboxylic acid groups (broad SMARTS) is 1. The Kier molecular flexibility index (Phi) is 11.0. The van der Waals surface area contributed by atoms with E-state index in [1.54, 1.807) is 0 Å². The van der Waals surface area contributed by atoms with Gasteiger partial charge in [0.15, 0.2) is 0 Å². The molecule has 21 heteroatoms. The summed E-state index contributed by atoms with van der Waals surface area (Å²) in [5.41, 5.74) is -4.48. The van der Waals surface area contributed by atoms with Gasteiger partial charge < -0.3 is 11.8 Å². The molecule has 0 aromatic carbocycles. The molecule has 0 bridgehead atoms. The van der Waals surface area contributed by atoms with Gasteiger partial charge in [0.25, 0.3) is 5.91 Å². The van der Waals surface area contributed by atoms with Crippen molar-refractivity contribution >= 4 is 63.1 Å². The number of nitrogens with one attached hydrogen (secondary N) is 1. The first-order valence-electron chi connectivity index (χ1n) is 9.56. The number of hydrogen-bond acceptors (Lipinski definition) is 11. The molecule has 2 aliphatic heterocycles. The number of fused-ring (bicyclic) bond motifs is 1. The molecular weight excluding hydrogens is 582 g/mol. The minimum absolute atomic E-state index is 0. The monoisotopic (exact) mass is 601 g/mol. The number of alkyl halides is 3. The van der Waals surface area contributed by atoms with Crippen LogP contribution in [0.3, 0.4) is 0 Å². The third-order valence-electron chi connectivity index (χ3n) is 4.61. The molecule has 3 heterocycles. The van der Waals surface area contributed by atoms with Gasteiger partial charge in [-0.3, -0.25) is 14.5 Å². The van der Waals surface area contributed by atoms with Gasteiger partial charge in [-0.15, -0.1) is 16.9 Å². The number of aliphatic carboxylic acids is 1. The molecular formula is C15H19F3N7NaO6S4. The van der Waals surface area contributed by atoms with Gasteiger partial charge >= 0.3 is 41.0 Å². The van der Waals surface area contributed by atoms with Crippen molar-refractivity contribution in [3.8, 4) is 0 Å². The number of rotatable bonds is 11. The number of carboxylic acids is 1. The molecule has 0 saturated carbocycles. The van der Waals surface area contributed by atoms with Crippen LogP contribution in [-0.2, 0) is 31.0 Å². The Bertz CT molecular complexity index is 1160. The number of nitrogens with two attached hydrogens (primary N) is 1. The normalized spacial score (nSPS) is 19.9. The maximum absolute atomic E-state index is 12.5. The molecule has 1 fully saturated rings. The van der Waals surface area contributed by atoms with E-state index in [0.29, 0.717) is 10.7 Å². The van der Waals surface area contributed by atoms with Crippen molar-refractivity contribution in [2.75, 3.05) is 23.0 Å². The van der Waals surface area contributed by atoms with E-state index in [1.165, 1.54) is 16.4 Å². The molecule has 1 unspecified atom stereocenters. The third kappa shape index (κ3) is 8.23. The summed E-state index contributed by atoms with van der Waals surface area (Å²) in [7, 11) is -3.65. The van der Waals surface area contributed by atoms with Crippen LogP contribution in [0.2, 0.25) is 0 Å². The summed E-state index contributed by atoms with van der Waals surface area (Å²) in [5.74, 6) is -4.00. The van der Waals surface area contributed by atoms with Crippen molar-refractivity contribution in [2.24, 2.45) is 5.14 Å². The minimum atomic E-state index is -4.60. The number of primary sulfonamides is 1. The zero-order valence-electron chi connectivity index (χ0n) is 19.5. The fraction of sp³-hybridized carbons (Fsp3) is 0.600. The van der Waals surface area contributed by atoms with Crippen molar-refractivity contribution in [3.63, 3.8) is 0 Å². The van der Waals surface area contributed by atoms with Gasteiger partial charge in [0.1, 0.15) is 17.1 Å². The molecule has 2 aliphatic rings. The average molecular weight is 602 g/mol. The molecule has 2 atom stereocenters. The van der Waals surface area contributed by atoms with Crippen LogP contribution in [-0.4, -0.2) is 96.4 Å². The Labute approximate surface area is 238 Å². The van der Waals surface area contributed by atoms with Gasteiger partial charge in [-0.1, -0.05) is 11.8 Å². The Morgan fingerprint density at radius 2 is 2.06 bits per heavy atom. The zero-order valence-corrected chi connectivity index (χ0v) is 23.7. The number of aryl methyl sites for hydroxylation is 1. The Morgan fingerprint density at radius 3 is 2.67 bits per heavy atom. The number of carbonyl (C=O) groups is 3. The molecule has 0 radical (unpaired) electrons. The molecule has 1 saturated heterocycles. The van der Waals surface area contributed by atoms with Crippen LogP contribution in [0.15, 0.2) is 16.4 Å². The summed E-state index contributed by atoms with van der Waals surface area (Å²) in [5, 5.41) is 27.5. The van der Waals surface area contributed by atoms with E-state index in [1.807, 2.05) is 0 Å². The predicted molar refractivity (Wildman–Crippen MR) is 120 cm³/mol. The first kappa shape index (κ1) is 31.2. The van der Waals surface area contributed by atoms with E-state index in [-0.39, 0.29) is 66.9 Å². The van der Waals surface area contributed by atoms with Gasteiger partial charge in [0, 0.05) is 18.1 Å². The summed E-state index contributed by atoms with van der Waals surface area (Å²) >= 11 is 1.71. The molecule has 36 heavy (non-hydrogen) atoms. The van der Waals surface area contributed by atoms with Crippen LogP contribution in [0.1, 0.15) is 7.85 Å². The first-order valence-corrected chi connectivity index (χ1v) is 14.3. The number of halogens is 3. The summed E-state index contributed by atoms with van der Waals surface area (Å²) in [6.45, 7) is 0.159. The summed E-state index contributed by atoms with van der Waals surface area (Å²) in [6.07, 6.45) is 0.162. The number of nitrogens with zero attached hydrogens (tertiary/aromatic N) is 5. The van der Waals surface area contributed by atoms with Crippen molar-refractivity contribution in [1.82, 2.24) is 30.4 Å². The number of carbonyl (C=O) groups excluding carboxylic acids is 2. The second-order valence-electron chi connectivity index (χ2n) is 7.14. The fourth-order valence-corrected chi connectivity index (χ4v) is 6.46. The van der Waals surface area contributed by atoms with Crippen LogP contribution in [0, 0.1) is 0 Å². The second kappa shape index (κ2) is 12.7. The van der Waals surface area contributed by atoms with E-state index >= 15 is 0 Å². The summed E-state index contributed by atoms with van der Waals surface area (Å²) in [6, 6.07) is -1.13. The molecule has 0 spiro atoms. The number of β-lactam (4-membered cyclic amide) rings is 1. The molecule has 1 aromatic rings. The topological polar surface area (TPSA) is 190 Å². The van der Waals surface area contributed by atoms with E-state index in [4.69, 9.17) is 5.14 Å². The molecule has 196 valence electrons. The van der Waals surface area contributed by atoms with E-state index in [0.717, 1.165) is 16.7 Å². The molecule has 1 aromatic heterocycles. The smallest absolute Gasteiger partial charge is 1.00 e. The molecule has 3 rings (SSSR count). The summed E-state index contributed by atoms with van der Waals surface area (Å²) < 4.78 is 60.3. The van der Waals surface area contributed by atoms with Gasteiger partial charge in [0.05, 0.1) is 11.5 Å². The molecule has 4 N–H and O–H groups in total. The predicted octanol–water partition coefficient (Wildman–Crippen LogP) is -3.45. The number of thioether (sulfide) groups is 3. The van der Waals surface area contributed by atoms with Gasteiger partial charge in [-0.05, 0) is 34.2 Å². The van der Waals surface area contributed by atoms with Crippen LogP contribution in [0.4, 0.5) is 13.2 Å². The molecule has 13 nitrogen and oxygen atoms in total. The Morgan fingerprint density at radius 1 is 1.36 bits per heavy atom. The van der Waals surface area contributed by atoms with Crippen molar-refractivity contribution in [3.05, 3.63) is 11.3 Å². The SMILES string of the molecule is NS(=O)(=O)CCCn1nnnc1SCC1=C(C(=O)O)N2C(=O)C(NC(=O)CSC(F)(F)F)[C@H]2SC1.[H-].[Na+]. The number of aromatic nitrogens is 4. The van der Waals surface area contributed by atoms with E-state index < -0.39 is 62.2 Å². The molecule has 0 aliphatic carbocycles. The Balaban J connectivity index is 0.00000342. The standard InChI is InChI=1S/C15H18F3N7O6S4.Na.H/c16-15(17,18)34-6-8(26)20-9-11(27)25-10(13(28)29)7(4-32-12(9)25)5-33-14-21-22-23-24(14)2-1-3-35(19,30)31;;/h9,12H,1-6H2,(H,20,26)(H,28,29)(H2,19,30,31);;/q;+1;-1/t9?,12-;;/m1../s1. The van der Waals surface area contributed by atoms with E-state index in [9.17, 15) is 41.1 Å². The van der Waals surface area contributed by atoms with Gasteiger partial charge in [-0.25, -0.2) is 23.0 Å². The second-order valence-corrected chi connectivity index (χ2v) is 12.0. The fourth-order valence-electron chi connectivity index (χ4n) is 3.16. The summed E-state index contributed by atoms with van der Waals surface area (Å²) in [4.78, 5) is 37.2. The van der Waals surface area contributed by atoms with Crippen LogP contribution in [0.5, 0.6) is 0 Å². The van der Waals surface area contributed by atoms with Crippen molar-refractivity contribution in [2.45, 2.75) is 35.0 Å². The van der Waals surface area contributed by atoms with Gasteiger partial charge in [-0.2, -0.15) is 13.2 Å². The maximum Gasteiger partial charge on any atom is 1.00 e. The van der Waals surface area contributed by atoms with Crippen LogP contribution < -0.4 is 40.0 Å². The third-order valence-corrected chi connectivity index (χ3v) is 8.58. The average Bonchev–Trinajstić information content (AvgIpc) is 3.19. The Hall–Kier alpha value is -1.03. The quantitative estimate of drug-likeness (QED) is 0.129. The van der Waals surface area contributed by atoms with Crippen molar-refractivity contribution in [1.29, 1.82) is 0 Å².